The predicted molar refractivity (Wildman–Crippen MR) is 119 cm³/mol. The number of amides is 1. The number of nitrogens with zero attached hydrogens (tertiary/aromatic N) is 3. The molecule has 0 unspecified atom stereocenters. The average molecular weight is 424 g/mol. The Labute approximate surface area is 176 Å². The number of anilines is 1. The summed E-state index contributed by atoms with van der Waals surface area (Å²) in [5.74, 6) is -0.853. The zero-order valence-corrected chi connectivity index (χ0v) is 17.2. The first-order valence-electron chi connectivity index (χ1n) is 8.99. The number of hydrogen-bond acceptors (Lipinski definition) is 6. The van der Waals surface area contributed by atoms with Gasteiger partial charge < -0.3 is 10.4 Å². The van der Waals surface area contributed by atoms with Crippen LogP contribution in [0.4, 0.5) is 11.4 Å². The Kier molecular flexibility index (Phi) is 6.53. The van der Waals surface area contributed by atoms with Gasteiger partial charge in [0.15, 0.2) is 0 Å². The molecule has 30 heavy (non-hydrogen) atoms. The zero-order valence-electron chi connectivity index (χ0n) is 16.4. The van der Waals surface area contributed by atoms with Crippen LogP contribution < -0.4 is 16.6 Å². The standard InChI is InChI=1S/C21H20N4O4S/c1-24-19(27)17(20(28)25(2)21(24)29)18(23-15-11-7-4-8-12-15)30-13-16(26)22-14-9-5-3-6-10-14/h3-12,27H,13H2,1-2H3,(H,22,26). The van der Waals surface area contributed by atoms with Gasteiger partial charge in [-0.05, 0) is 24.3 Å². The van der Waals surface area contributed by atoms with Crippen LogP contribution in [0.1, 0.15) is 5.56 Å². The molecule has 0 atom stereocenters. The van der Waals surface area contributed by atoms with Gasteiger partial charge in [-0.3, -0.25) is 18.7 Å². The smallest absolute Gasteiger partial charge is 0.333 e. The Morgan fingerprint density at radius 2 is 1.60 bits per heavy atom. The minimum atomic E-state index is -0.693. The van der Waals surface area contributed by atoms with Crippen molar-refractivity contribution >= 4 is 34.1 Å². The summed E-state index contributed by atoms with van der Waals surface area (Å²) < 4.78 is 1.85. The van der Waals surface area contributed by atoms with Crippen molar-refractivity contribution in [3.05, 3.63) is 87.1 Å². The fraction of sp³-hybridized carbons (Fsp3) is 0.143. The highest BCUT2D eigenvalue weighted by atomic mass is 32.2. The van der Waals surface area contributed by atoms with Crippen LogP contribution in [0.5, 0.6) is 5.88 Å². The van der Waals surface area contributed by atoms with Crippen LogP contribution >= 0.6 is 11.8 Å². The van der Waals surface area contributed by atoms with E-state index in [9.17, 15) is 19.5 Å². The van der Waals surface area contributed by atoms with Crippen molar-refractivity contribution in [1.29, 1.82) is 0 Å². The third-order valence-corrected chi connectivity index (χ3v) is 5.21. The van der Waals surface area contributed by atoms with Crippen molar-refractivity contribution in [2.24, 2.45) is 19.1 Å². The van der Waals surface area contributed by atoms with Crippen LogP contribution in [0.3, 0.4) is 0 Å². The molecule has 2 aromatic carbocycles. The quantitative estimate of drug-likeness (QED) is 0.483. The van der Waals surface area contributed by atoms with Crippen molar-refractivity contribution < 1.29 is 9.90 Å². The molecule has 1 aromatic heterocycles. The summed E-state index contributed by atoms with van der Waals surface area (Å²) in [6, 6.07) is 17.8. The van der Waals surface area contributed by atoms with Gasteiger partial charge in [-0.25, -0.2) is 9.79 Å². The van der Waals surface area contributed by atoms with E-state index in [0.717, 1.165) is 20.9 Å². The van der Waals surface area contributed by atoms with Crippen LogP contribution in [0, 0.1) is 0 Å². The average Bonchev–Trinajstić information content (AvgIpc) is 2.76. The van der Waals surface area contributed by atoms with Crippen LogP contribution in [0.25, 0.3) is 0 Å². The molecular weight excluding hydrogens is 404 g/mol. The van der Waals surface area contributed by atoms with E-state index in [0.29, 0.717) is 11.4 Å². The van der Waals surface area contributed by atoms with E-state index >= 15 is 0 Å². The van der Waals surface area contributed by atoms with Crippen molar-refractivity contribution in [3.8, 4) is 5.88 Å². The van der Waals surface area contributed by atoms with E-state index in [-0.39, 0.29) is 22.3 Å². The number of carbonyl (C=O) groups is 1. The van der Waals surface area contributed by atoms with Gasteiger partial charge in [-0.15, -0.1) is 0 Å². The SMILES string of the molecule is Cn1c(O)c(C(=Nc2ccccc2)SCC(=O)Nc2ccccc2)c(=O)n(C)c1=O. The van der Waals surface area contributed by atoms with E-state index in [1.807, 2.05) is 12.1 Å². The zero-order chi connectivity index (χ0) is 21.7. The molecule has 0 fully saturated rings. The topological polar surface area (TPSA) is 106 Å². The number of aromatic nitrogens is 2. The molecule has 8 nitrogen and oxygen atoms in total. The van der Waals surface area contributed by atoms with E-state index in [1.54, 1.807) is 48.5 Å². The fourth-order valence-electron chi connectivity index (χ4n) is 2.65. The summed E-state index contributed by atoms with van der Waals surface area (Å²) in [7, 11) is 2.67. The maximum atomic E-state index is 12.7. The monoisotopic (exact) mass is 424 g/mol. The number of aromatic hydroxyl groups is 1. The summed E-state index contributed by atoms with van der Waals surface area (Å²) >= 11 is 0.998. The van der Waals surface area contributed by atoms with Gasteiger partial charge in [0.25, 0.3) is 5.56 Å². The van der Waals surface area contributed by atoms with E-state index in [4.69, 9.17) is 0 Å². The van der Waals surface area contributed by atoms with Crippen molar-refractivity contribution in [1.82, 2.24) is 9.13 Å². The first-order valence-corrected chi connectivity index (χ1v) is 9.98. The lowest BCUT2D eigenvalue weighted by Crippen LogP contribution is -2.39. The largest absolute Gasteiger partial charge is 0.494 e. The molecule has 0 bridgehead atoms. The number of aliphatic imine (C=N–C) groups is 1. The maximum absolute atomic E-state index is 12.7. The second-order valence-electron chi connectivity index (χ2n) is 6.36. The van der Waals surface area contributed by atoms with Gasteiger partial charge in [-0.2, -0.15) is 0 Å². The summed E-state index contributed by atoms with van der Waals surface area (Å²) in [4.78, 5) is 41.6. The highest BCUT2D eigenvalue weighted by Crippen LogP contribution is 2.23. The molecule has 9 heteroatoms. The second kappa shape index (κ2) is 9.27. The van der Waals surface area contributed by atoms with Gasteiger partial charge in [0.1, 0.15) is 10.6 Å². The Morgan fingerprint density at radius 1 is 1.00 bits per heavy atom. The minimum absolute atomic E-state index is 0.0496. The molecule has 3 aromatic rings. The molecule has 0 aliphatic heterocycles. The first kappa shape index (κ1) is 21.1. The number of rotatable bonds is 5. The Bertz CT molecular complexity index is 1200. The third kappa shape index (κ3) is 4.69. The van der Waals surface area contributed by atoms with Gasteiger partial charge in [-0.1, -0.05) is 48.2 Å². The van der Waals surface area contributed by atoms with Crippen LogP contribution in [0.15, 0.2) is 75.2 Å². The Morgan fingerprint density at radius 3 is 2.23 bits per heavy atom. The lowest BCUT2D eigenvalue weighted by atomic mass is 10.3. The number of hydrogen-bond donors (Lipinski definition) is 2. The highest BCUT2D eigenvalue weighted by Gasteiger charge is 2.21. The number of carbonyl (C=O) groups excluding carboxylic acids is 1. The fourth-order valence-corrected chi connectivity index (χ4v) is 3.49. The summed E-state index contributed by atoms with van der Waals surface area (Å²) in [6.45, 7) is 0. The Balaban J connectivity index is 1.97. The normalized spacial score (nSPS) is 11.3. The molecule has 2 N–H and O–H groups in total. The molecule has 0 aliphatic carbocycles. The van der Waals surface area contributed by atoms with Gasteiger partial charge in [0.05, 0.1) is 11.4 Å². The lowest BCUT2D eigenvalue weighted by Gasteiger charge is -2.12. The molecule has 0 aliphatic rings. The molecule has 1 heterocycles. The molecule has 1 amide bonds. The van der Waals surface area contributed by atoms with Gasteiger partial charge >= 0.3 is 5.69 Å². The summed E-state index contributed by atoms with van der Waals surface area (Å²) in [5, 5.41) is 13.4. The van der Waals surface area contributed by atoms with Crippen molar-refractivity contribution in [2.75, 3.05) is 11.1 Å². The Hall–Kier alpha value is -3.59. The molecule has 3 rings (SSSR count). The van der Waals surface area contributed by atoms with Gasteiger partial charge in [0, 0.05) is 19.8 Å². The predicted octanol–water partition coefficient (Wildman–Crippen LogP) is 2.24. The number of para-hydroxylation sites is 2. The van der Waals surface area contributed by atoms with E-state index in [2.05, 4.69) is 10.3 Å². The van der Waals surface area contributed by atoms with Crippen LogP contribution in [-0.4, -0.2) is 30.9 Å². The summed E-state index contributed by atoms with van der Waals surface area (Å²) in [6.07, 6.45) is 0. The number of nitrogens with one attached hydrogen (secondary N) is 1. The molecule has 0 spiro atoms. The lowest BCUT2D eigenvalue weighted by molar-refractivity contribution is -0.113. The van der Waals surface area contributed by atoms with Crippen LogP contribution in [0.2, 0.25) is 0 Å². The third-order valence-electron chi connectivity index (χ3n) is 4.23. The molecule has 0 saturated heterocycles. The first-order chi connectivity index (χ1) is 14.4. The molecule has 0 radical (unpaired) electrons. The van der Waals surface area contributed by atoms with Crippen molar-refractivity contribution in [2.45, 2.75) is 0 Å². The number of thioether (sulfide) groups is 1. The molecule has 154 valence electrons. The van der Waals surface area contributed by atoms with Crippen LogP contribution in [-0.2, 0) is 18.9 Å². The summed E-state index contributed by atoms with van der Waals surface area (Å²) in [5.41, 5.74) is -0.307. The second-order valence-corrected chi connectivity index (χ2v) is 7.32. The maximum Gasteiger partial charge on any atom is 0.333 e. The van der Waals surface area contributed by atoms with E-state index in [1.165, 1.54) is 14.1 Å². The molecule has 0 saturated carbocycles. The molecular formula is C21H20N4O4S. The van der Waals surface area contributed by atoms with Crippen molar-refractivity contribution in [3.63, 3.8) is 0 Å². The highest BCUT2D eigenvalue weighted by molar-refractivity contribution is 8.15. The van der Waals surface area contributed by atoms with Gasteiger partial charge in [0.2, 0.25) is 11.8 Å². The number of benzene rings is 2. The minimum Gasteiger partial charge on any atom is -0.494 e. The van der Waals surface area contributed by atoms with E-state index < -0.39 is 17.1 Å².